The average molecular weight is 649 g/mol. The summed E-state index contributed by atoms with van der Waals surface area (Å²) in [4.78, 5) is 57.3. The maximum absolute atomic E-state index is 13.3. The van der Waals surface area contributed by atoms with Crippen molar-refractivity contribution in [1.82, 2.24) is 30.4 Å². The summed E-state index contributed by atoms with van der Waals surface area (Å²) < 4.78 is 24.7. The summed E-state index contributed by atoms with van der Waals surface area (Å²) in [6.45, 7) is 5.13. The van der Waals surface area contributed by atoms with Gasteiger partial charge in [-0.05, 0) is 56.2 Å². The molecule has 2 aromatic carbocycles. The van der Waals surface area contributed by atoms with Gasteiger partial charge in [0.25, 0.3) is 5.91 Å². The molecule has 47 heavy (non-hydrogen) atoms. The van der Waals surface area contributed by atoms with Crippen molar-refractivity contribution in [2.24, 2.45) is 0 Å². The van der Waals surface area contributed by atoms with Crippen molar-refractivity contribution in [1.29, 1.82) is 0 Å². The van der Waals surface area contributed by atoms with Crippen LogP contribution in [0.1, 0.15) is 33.7 Å². The Labute approximate surface area is 272 Å². The van der Waals surface area contributed by atoms with Gasteiger partial charge in [0.2, 0.25) is 5.91 Å². The first-order chi connectivity index (χ1) is 22.7. The van der Waals surface area contributed by atoms with Gasteiger partial charge in [-0.2, -0.15) is 4.98 Å². The second-order valence-corrected chi connectivity index (χ2v) is 11.4. The van der Waals surface area contributed by atoms with Crippen LogP contribution in [0.3, 0.4) is 0 Å². The number of aryl methyl sites for hydroxylation is 2. The number of nitrogens with one attached hydrogen (secondary N) is 3. The number of ether oxygens (including phenoxy) is 4. The third kappa shape index (κ3) is 9.08. The minimum absolute atomic E-state index is 0.144. The quantitative estimate of drug-likeness (QED) is 0.339. The molecule has 0 spiro atoms. The van der Waals surface area contributed by atoms with Gasteiger partial charge in [0, 0.05) is 56.3 Å². The topological polar surface area (TPSA) is 162 Å². The Hall–Kier alpha value is -4.95. The highest BCUT2D eigenvalue weighted by molar-refractivity contribution is 5.95. The van der Waals surface area contributed by atoms with Crippen LogP contribution in [0, 0.1) is 13.8 Å². The minimum Gasteiger partial charge on any atom is -0.491 e. The number of aromatic nitrogens is 2. The average Bonchev–Trinajstić information content (AvgIpc) is 3.04. The fraction of sp³-hybridized carbons (Fsp3) is 0.424. The zero-order valence-electron chi connectivity index (χ0n) is 26.7. The fourth-order valence-electron chi connectivity index (χ4n) is 5.48. The van der Waals surface area contributed by atoms with E-state index in [1.807, 2.05) is 18.2 Å². The summed E-state index contributed by atoms with van der Waals surface area (Å²) in [7, 11) is 1.57. The molecule has 3 N–H and O–H groups in total. The molecule has 250 valence electrons. The number of likely N-dealkylation sites (tertiary alicyclic amines) is 1. The summed E-state index contributed by atoms with van der Waals surface area (Å²) >= 11 is 0. The number of urea groups is 1. The Morgan fingerprint density at radius 1 is 1.02 bits per heavy atom. The standard InChI is InChI=1S/C33H40N6O8/c1-21-13-22(2)39(33(43)36-21)19-30(40)38-10-7-28-29(18-38)46-20-23-5-4-6-25(14-23)47-27-16-24(15-26(17-27)45-12-11-44-3)31(41)34-8-9-35-32(42)37-28/h4-6,13-17,28-29H,7-12,18-20H2,1-3H3,(H,34,41)(H2,35,37,42)/t28-,29-/m0/s1. The molecule has 1 fully saturated rings. The molecular formula is C33H40N6O8. The van der Waals surface area contributed by atoms with Gasteiger partial charge in [-0.3, -0.25) is 14.2 Å². The highest BCUT2D eigenvalue weighted by Crippen LogP contribution is 2.29. The lowest BCUT2D eigenvalue weighted by Crippen LogP contribution is -2.58. The lowest BCUT2D eigenvalue weighted by atomic mass is 10.0. The van der Waals surface area contributed by atoms with E-state index in [4.69, 9.17) is 18.9 Å². The smallest absolute Gasteiger partial charge is 0.348 e. The molecule has 2 aliphatic heterocycles. The van der Waals surface area contributed by atoms with E-state index >= 15 is 0 Å². The van der Waals surface area contributed by atoms with Crippen LogP contribution in [0.15, 0.2) is 53.3 Å². The van der Waals surface area contributed by atoms with E-state index in [9.17, 15) is 19.2 Å². The highest BCUT2D eigenvalue weighted by atomic mass is 16.5. The number of nitrogens with zero attached hydrogens (tertiary/aromatic N) is 3. The van der Waals surface area contributed by atoms with Crippen molar-refractivity contribution in [3.05, 3.63) is 81.5 Å². The van der Waals surface area contributed by atoms with Crippen molar-refractivity contribution in [2.75, 3.05) is 46.5 Å². The van der Waals surface area contributed by atoms with Gasteiger partial charge < -0.3 is 39.8 Å². The fourth-order valence-corrected chi connectivity index (χ4v) is 5.48. The monoisotopic (exact) mass is 648 g/mol. The summed E-state index contributed by atoms with van der Waals surface area (Å²) in [5.41, 5.74) is 1.90. The van der Waals surface area contributed by atoms with Crippen LogP contribution in [-0.4, -0.2) is 90.9 Å². The van der Waals surface area contributed by atoms with E-state index in [1.165, 1.54) is 4.57 Å². The van der Waals surface area contributed by atoms with Crippen molar-refractivity contribution in [3.8, 4) is 17.2 Å². The van der Waals surface area contributed by atoms with Crippen molar-refractivity contribution >= 4 is 17.8 Å². The van der Waals surface area contributed by atoms with E-state index < -0.39 is 23.9 Å². The lowest BCUT2D eigenvalue weighted by Gasteiger charge is -2.38. The molecule has 14 heteroatoms. The Kier molecular flexibility index (Phi) is 11.1. The van der Waals surface area contributed by atoms with Crippen LogP contribution in [0.4, 0.5) is 4.79 Å². The number of fused-ring (bicyclic) bond motifs is 5. The second-order valence-electron chi connectivity index (χ2n) is 11.4. The van der Waals surface area contributed by atoms with Gasteiger partial charge in [-0.1, -0.05) is 12.1 Å². The zero-order valence-corrected chi connectivity index (χ0v) is 26.7. The maximum Gasteiger partial charge on any atom is 0.348 e. The summed E-state index contributed by atoms with van der Waals surface area (Å²) in [5, 5.41) is 8.55. The molecule has 0 saturated carbocycles. The molecule has 2 aliphatic rings. The van der Waals surface area contributed by atoms with Gasteiger partial charge in [0.1, 0.15) is 30.4 Å². The Bertz CT molecular complexity index is 1660. The first kappa shape index (κ1) is 33.4. The number of amides is 4. The van der Waals surface area contributed by atoms with Crippen LogP contribution >= 0.6 is 0 Å². The van der Waals surface area contributed by atoms with Crippen LogP contribution in [-0.2, 0) is 27.4 Å². The van der Waals surface area contributed by atoms with Crippen molar-refractivity contribution in [3.63, 3.8) is 0 Å². The Morgan fingerprint density at radius 3 is 2.66 bits per heavy atom. The summed E-state index contributed by atoms with van der Waals surface area (Å²) in [5.74, 6) is 0.771. The molecule has 0 radical (unpaired) electrons. The van der Waals surface area contributed by atoms with Gasteiger partial charge in [-0.25, -0.2) is 9.59 Å². The van der Waals surface area contributed by atoms with Crippen molar-refractivity contribution < 1.29 is 33.3 Å². The molecule has 0 aliphatic carbocycles. The van der Waals surface area contributed by atoms with E-state index in [0.717, 1.165) is 5.56 Å². The molecular weight excluding hydrogens is 608 g/mol. The van der Waals surface area contributed by atoms with Gasteiger partial charge in [-0.15, -0.1) is 0 Å². The van der Waals surface area contributed by atoms with E-state index in [1.54, 1.807) is 56.2 Å². The largest absolute Gasteiger partial charge is 0.491 e. The molecule has 2 atom stereocenters. The number of piperidine rings is 1. The highest BCUT2D eigenvalue weighted by Gasteiger charge is 2.33. The van der Waals surface area contributed by atoms with Gasteiger partial charge in [0.05, 0.1) is 25.4 Å². The normalized spacial score (nSPS) is 18.7. The predicted octanol–water partition coefficient (Wildman–Crippen LogP) is 1.91. The van der Waals surface area contributed by atoms with Crippen LogP contribution in [0.5, 0.6) is 17.2 Å². The predicted molar refractivity (Wildman–Crippen MR) is 171 cm³/mol. The number of rotatable bonds is 6. The molecule has 0 unspecified atom stereocenters. The molecule has 1 aromatic heterocycles. The number of hydrogen-bond donors (Lipinski definition) is 3. The molecule has 3 aromatic rings. The summed E-state index contributed by atoms with van der Waals surface area (Å²) in [6, 6.07) is 13.2. The van der Waals surface area contributed by atoms with Crippen LogP contribution in [0.2, 0.25) is 0 Å². The van der Waals surface area contributed by atoms with E-state index in [0.29, 0.717) is 60.4 Å². The maximum atomic E-state index is 13.3. The Morgan fingerprint density at radius 2 is 1.85 bits per heavy atom. The third-order valence-electron chi connectivity index (χ3n) is 7.86. The number of carbonyl (C=O) groups is 3. The number of carbonyl (C=O) groups excluding carboxylic acids is 3. The van der Waals surface area contributed by atoms with E-state index in [2.05, 4.69) is 20.9 Å². The first-order valence-corrected chi connectivity index (χ1v) is 15.5. The number of methoxy groups -OCH3 is 1. The minimum atomic E-state index is -0.543. The SMILES string of the molecule is COCCOc1cc2cc(c1)C(=O)NCCNC(=O)N[C@H]1CCN(C(=O)Cn3c(C)cc(C)nc3=O)C[C@@H]1OCc1cccc(c1)O2. The third-order valence-corrected chi connectivity index (χ3v) is 7.86. The lowest BCUT2D eigenvalue weighted by molar-refractivity contribution is -0.137. The first-order valence-electron chi connectivity index (χ1n) is 15.5. The summed E-state index contributed by atoms with van der Waals surface area (Å²) in [6.07, 6.45) is -0.105. The number of benzene rings is 2. The molecule has 14 nitrogen and oxygen atoms in total. The van der Waals surface area contributed by atoms with Crippen molar-refractivity contribution in [2.45, 2.75) is 45.6 Å². The Balaban J connectivity index is 1.35. The van der Waals surface area contributed by atoms with Gasteiger partial charge >= 0.3 is 11.7 Å². The van der Waals surface area contributed by atoms with Gasteiger partial charge in [0.15, 0.2) is 0 Å². The zero-order chi connectivity index (χ0) is 33.3. The van der Waals surface area contributed by atoms with Crippen LogP contribution in [0.25, 0.3) is 0 Å². The number of hydrogen-bond acceptors (Lipinski definition) is 9. The molecule has 5 rings (SSSR count). The molecule has 1 saturated heterocycles. The van der Waals surface area contributed by atoms with Crippen LogP contribution < -0.4 is 31.1 Å². The molecule has 4 bridgehead atoms. The molecule has 3 heterocycles. The van der Waals surface area contributed by atoms with E-state index in [-0.39, 0.29) is 44.6 Å². The molecule has 4 amide bonds. The second kappa shape index (κ2) is 15.6.